The van der Waals surface area contributed by atoms with E-state index in [-0.39, 0.29) is 6.61 Å². The van der Waals surface area contributed by atoms with Gasteiger partial charge >= 0.3 is 5.97 Å². The number of esters is 1. The number of nitrogens with one attached hydrogen (secondary N) is 1. The Morgan fingerprint density at radius 2 is 2.10 bits per heavy atom. The van der Waals surface area contributed by atoms with Crippen LogP contribution in [0.2, 0.25) is 0 Å². The van der Waals surface area contributed by atoms with Gasteiger partial charge in [-0.25, -0.2) is 4.79 Å². The third-order valence-corrected chi connectivity index (χ3v) is 4.86. The Morgan fingerprint density at radius 3 is 2.76 bits per heavy atom. The summed E-state index contributed by atoms with van der Waals surface area (Å²) in [5.41, 5.74) is 13.9. The number of benzene rings is 1. The van der Waals surface area contributed by atoms with E-state index in [9.17, 15) is 10.1 Å². The molecule has 8 nitrogen and oxygen atoms in total. The van der Waals surface area contributed by atoms with Crippen LogP contribution in [0.4, 0.5) is 5.69 Å². The Hall–Kier alpha value is -3.95. The molecule has 3 rings (SSSR count). The zero-order valence-electron chi connectivity index (χ0n) is 16.6. The molecule has 0 aliphatic rings. The largest absolute Gasteiger partial charge is 0.462 e. The van der Waals surface area contributed by atoms with E-state index in [1.54, 1.807) is 38.1 Å². The zero-order valence-corrected chi connectivity index (χ0v) is 16.6. The van der Waals surface area contributed by atoms with Crippen molar-refractivity contribution in [2.75, 3.05) is 6.61 Å². The van der Waals surface area contributed by atoms with E-state index in [0.717, 1.165) is 16.8 Å². The van der Waals surface area contributed by atoms with Crippen LogP contribution >= 0.6 is 0 Å². The maximum absolute atomic E-state index is 12.5. The molecular formula is C21H20N6O2. The summed E-state index contributed by atoms with van der Waals surface area (Å²) in [7, 11) is 0. The summed E-state index contributed by atoms with van der Waals surface area (Å²) in [6, 6.07) is 11.0. The van der Waals surface area contributed by atoms with Crippen LogP contribution in [0.15, 0.2) is 35.4 Å². The Balaban J connectivity index is 2.34. The van der Waals surface area contributed by atoms with Crippen molar-refractivity contribution < 1.29 is 9.53 Å². The number of ether oxygens (including phenoxy) is 1. The second-order valence-electron chi connectivity index (χ2n) is 6.53. The second-order valence-corrected chi connectivity index (χ2v) is 6.53. The molecule has 0 amide bonds. The highest BCUT2D eigenvalue weighted by molar-refractivity contribution is 5.93. The van der Waals surface area contributed by atoms with Crippen molar-refractivity contribution in [3.8, 4) is 23.1 Å². The van der Waals surface area contributed by atoms with E-state index in [1.165, 1.54) is 0 Å². The molecule has 8 heteroatoms. The van der Waals surface area contributed by atoms with E-state index >= 15 is 0 Å². The molecule has 0 aliphatic carbocycles. The van der Waals surface area contributed by atoms with Gasteiger partial charge in [0.15, 0.2) is 0 Å². The smallest absolute Gasteiger partial charge is 0.339 e. The molecule has 0 spiro atoms. The van der Waals surface area contributed by atoms with E-state index in [2.05, 4.69) is 21.1 Å². The summed E-state index contributed by atoms with van der Waals surface area (Å²) in [6.07, 6.45) is 0. The van der Waals surface area contributed by atoms with E-state index in [0.29, 0.717) is 34.0 Å². The van der Waals surface area contributed by atoms with Gasteiger partial charge in [0.2, 0.25) is 0 Å². The van der Waals surface area contributed by atoms with Crippen LogP contribution in [-0.4, -0.2) is 22.1 Å². The summed E-state index contributed by atoms with van der Waals surface area (Å²) in [5, 5.41) is 13.4. The number of aryl methyl sites for hydroxylation is 1. The summed E-state index contributed by atoms with van der Waals surface area (Å²) < 4.78 is 7.04. The van der Waals surface area contributed by atoms with E-state index in [4.69, 9.17) is 10.3 Å². The fourth-order valence-electron chi connectivity index (χ4n) is 3.31. The van der Waals surface area contributed by atoms with Crippen LogP contribution in [0, 0.1) is 32.1 Å². The van der Waals surface area contributed by atoms with E-state index in [1.807, 2.05) is 24.5 Å². The number of nitriles is 1. The molecule has 2 heterocycles. The summed E-state index contributed by atoms with van der Waals surface area (Å²) in [5.74, 6) is 0.148. The minimum atomic E-state index is -0.435. The lowest BCUT2D eigenvalue weighted by Crippen LogP contribution is -2.07. The van der Waals surface area contributed by atoms with Crippen LogP contribution in [0.1, 0.15) is 39.8 Å². The zero-order chi connectivity index (χ0) is 21.1. The fourth-order valence-corrected chi connectivity index (χ4v) is 3.31. The SMILES string of the molecule is CCOC(=O)c1cc(-c2cccc(N=[N+]=[N-])c2)n(-c2[nH]c(C)c(C)c2C#N)c1C. The van der Waals surface area contributed by atoms with Crippen molar-refractivity contribution in [1.82, 2.24) is 9.55 Å². The number of hydrogen-bond donors (Lipinski definition) is 1. The Kier molecular flexibility index (Phi) is 5.44. The van der Waals surface area contributed by atoms with Gasteiger partial charge in [-0.3, -0.25) is 4.57 Å². The highest BCUT2D eigenvalue weighted by Crippen LogP contribution is 2.33. The first-order valence-electron chi connectivity index (χ1n) is 9.07. The second kappa shape index (κ2) is 7.97. The molecule has 0 saturated carbocycles. The average molecular weight is 388 g/mol. The Bertz CT molecular complexity index is 1190. The van der Waals surface area contributed by atoms with Crippen LogP contribution in [0.3, 0.4) is 0 Å². The van der Waals surface area contributed by atoms with Crippen molar-refractivity contribution in [1.29, 1.82) is 5.26 Å². The first-order valence-corrected chi connectivity index (χ1v) is 9.07. The fraction of sp³-hybridized carbons (Fsp3) is 0.238. The van der Waals surface area contributed by atoms with Crippen molar-refractivity contribution in [3.63, 3.8) is 0 Å². The maximum atomic E-state index is 12.5. The summed E-state index contributed by atoms with van der Waals surface area (Å²) in [6.45, 7) is 7.59. The molecule has 1 N–H and O–H groups in total. The standard InChI is InChI=1S/C21H20N6O2/c1-5-29-21(28)17-10-19(15-7-6-8-16(9-15)25-26-23)27(14(17)4)20-18(11-22)12(2)13(3)24-20/h6-10,24H,5H2,1-4H3. The summed E-state index contributed by atoms with van der Waals surface area (Å²) in [4.78, 5) is 18.6. The van der Waals surface area contributed by atoms with Crippen LogP contribution in [0.5, 0.6) is 0 Å². The van der Waals surface area contributed by atoms with Gasteiger partial charge in [-0.1, -0.05) is 23.3 Å². The molecule has 146 valence electrons. The molecule has 0 radical (unpaired) electrons. The van der Waals surface area contributed by atoms with Gasteiger partial charge in [-0.2, -0.15) is 5.26 Å². The number of azide groups is 1. The lowest BCUT2D eigenvalue weighted by Gasteiger charge is -2.12. The Labute approximate surface area is 168 Å². The number of carbonyl (C=O) groups is 1. The monoisotopic (exact) mass is 388 g/mol. The van der Waals surface area contributed by atoms with Gasteiger partial charge in [0.25, 0.3) is 0 Å². The predicted octanol–water partition coefficient (Wildman–Crippen LogP) is 5.39. The van der Waals surface area contributed by atoms with Gasteiger partial charge in [0.1, 0.15) is 11.9 Å². The van der Waals surface area contributed by atoms with Crippen molar-refractivity contribution >= 4 is 11.7 Å². The van der Waals surface area contributed by atoms with E-state index < -0.39 is 5.97 Å². The van der Waals surface area contributed by atoms with Crippen molar-refractivity contribution in [2.24, 2.45) is 5.11 Å². The van der Waals surface area contributed by atoms with Gasteiger partial charge in [0, 0.05) is 22.0 Å². The lowest BCUT2D eigenvalue weighted by molar-refractivity contribution is 0.0525. The third-order valence-electron chi connectivity index (χ3n) is 4.86. The lowest BCUT2D eigenvalue weighted by atomic mass is 10.1. The minimum Gasteiger partial charge on any atom is -0.462 e. The minimum absolute atomic E-state index is 0.259. The van der Waals surface area contributed by atoms with Crippen LogP contribution in [-0.2, 0) is 4.74 Å². The molecule has 0 unspecified atom stereocenters. The molecule has 29 heavy (non-hydrogen) atoms. The predicted molar refractivity (Wildman–Crippen MR) is 109 cm³/mol. The number of aromatic amines is 1. The molecule has 0 fully saturated rings. The van der Waals surface area contributed by atoms with Crippen LogP contribution < -0.4 is 0 Å². The van der Waals surface area contributed by atoms with Gasteiger partial charge < -0.3 is 9.72 Å². The number of nitrogens with zero attached hydrogens (tertiary/aromatic N) is 5. The van der Waals surface area contributed by atoms with Gasteiger partial charge in [-0.15, -0.1) is 0 Å². The molecule has 0 atom stereocenters. The first-order chi connectivity index (χ1) is 13.9. The average Bonchev–Trinajstić information content (AvgIpc) is 3.19. The molecule has 0 bridgehead atoms. The number of carbonyl (C=O) groups excluding carboxylic acids is 1. The molecule has 0 aliphatic heterocycles. The quantitative estimate of drug-likeness (QED) is 0.273. The number of aromatic nitrogens is 2. The normalized spacial score (nSPS) is 10.3. The molecule has 1 aromatic carbocycles. The highest BCUT2D eigenvalue weighted by atomic mass is 16.5. The topological polar surface area (TPSA) is 120 Å². The number of rotatable bonds is 5. The maximum Gasteiger partial charge on any atom is 0.339 e. The van der Waals surface area contributed by atoms with Crippen molar-refractivity contribution in [2.45, 2.75) is 27.7 Å². The van der Waals surface area contributed by atoms with Gasteiger partial charge in [-0.05, 0) is 56.5 Å². The molecule has 0 saturated heterocycles. The number of hydrogen-bond acceptors (Lipinski definition) is 4. The summed E-state index contributed by atoms with van der Waals surface area (Å²) >= 11 is 0. The molecular weight excluding hydrogens is 368 g/mol. The van der Waals surface area contributed by atoms with Crippen LogP contribution in [0.25, 0.3) is 27.5 Å². The number of H-pyrrole nitrogens is 1. The van der Waals surface area contributed by atoms with Crippen molar-refractivity contribution in [3.05, 3.63) is 68.9 Å². The highest BCUT2D eigenvalue weighted by Gasteiger charge is 2.24. The molecule has 2 aromatic heterocycles. The molecule has 3 aromatic rings. The van der Waals surface area contributed by atoms with Gasteiger partial charge in [0.05, 0.1) is 23.4 Å². The third kappa shape index (κ3) is 3.47. The first kappa shape index (κ1) is 19.8. The Morgan fingerprint density at radius 1 is 1.34 bits per heavy atom.